The first-order valence-electron chi connectivity index (χ1n) is 7.26. The van der Waals surface area contributed by atoms with Gasteiger partial charge in [-0.2, -0.15) is 13.2 Å². The van der Waals surface area contributed by atoms with Crippen LogP contribution in [0.2, 0.25) is 0 Å². The maximum Gasteiger partial charge on any atom is 0.396 e. The van der Waals surface area contributed by atoms with Gasteiger partial charge < -0.3 is 9.64 Å². The van der Waals surface area contributed by atoms with Crippen molar-refractivity contribution in [3.63, 3.8) is 0 Å². The zero-order chi connectivity index (χ0) is 14.4. The Labute approximate surface area is 116 Å². The lowest BCUT2D eigenvalue weighted by Crippen LogP contribution is -2.57. The summed E-state index contributed by atoms with van der Waals surface area (Å²) in [4.78, 5) is 12.3. The number of amides is 1. The highest BCUT2D eigenvalue weighted by atomic mass is 19.4. The first kappa shape index (κ1) is 14.2. The molecule has 20 heavy (non-hydrogen) atoms. The number of carbonyl (C=O) groups is 1. The molecule has 0 aromatic rings. The molecule has 6 heteroatoms. The van der Waals surface area contributed by atoms with Crippen LogP contribution < -0.4 is 0 Å². The number of likely N-dealkylation sites (tertiary alicyclic amines) is 1. The number of nitrogens with zero attached hydrogens (tertiary/aromatic N) is 1. The highest BCUT2D eigenvalue weighted by molar-refractivity contribution is 5.49. The Balaban J connectivity index is 1.43. The van der Waals surface area contributed by atoms with Crippen LogP contribution in [0.5, 0.6) is 0 Å². The van der Waals surface area contributed by atoms with E-state index in [1.54, 1.807) is 4.90 Å². The summed E-state index contributed by atoms with van der Waals surface area (Å²) in [7, 11) is 0. The Morgan fingerprint density at radius 3 is 2.20 bits per heavy atom. The van der Waals surface area contributed by atoms with E-state index in [4.69, 9.17) is 4.74 Å². The quantitative estimate of drug-likeness (QED) is 0.745. The van der Waals surface area contributed by atoms with Gasteiger partial charge >= 0.3 is 6.18 Å². The van der Waals surface area contributed by atoms with Gasteiger partial charge in [0.05, 0.1) is 18.1 Å². The monoisotopic (exact) mass is 291 g/mol. The SMILES string of the molecule is O=CN1CC2(CCC(OCC3(C(F)(F)F)CC3)CC2)C1. The molecule has 1 spiro atoms. The van der Waals surface area contributed by atoms with Crippen LogP contribution in [0.15, 0.2) is 0 Å². The van der Waals surface area contributed by atoms with Crippen LogP contribution in [0.25, 0.3) is 0 Å². The topological polar surface area (TPSA) is 29.5 Å². The van der Waals surface area contributed by atoms with Gasteiger partial charge in [-0.3, -0.25) is 4.79 Å². The van der Waals surface area contributed by atoms with Crippen molar-refractivity contribution in [1.82, 2.24) is 4.90 Å². The lowest BCUT2D eigenvalue weighted by Gasteiger charge is -2.52. The molecular weight excluding hydrogens is 271 g/mol. The summed E-state index contributed by atoms with van der Waals surface area (Å²) in [5, 5.41) is 0. The highest BCUT2D eigenvalue weighted by Gasteiger charge is 2.63. The molecule has 2 saturated carbocycles. The third-order valence-electron chi connectivity index (χ3n) is 5.27. The van der Waals surface area contributed by atoms with Crippen molar-refractivity contribution in [1.29, 1.82) is 0 Å². The van der Waals surface area contributed by atoms with E-state index in [2.05, 4.69) is 0 Å². The normalized spacial score (nSPS) is 28.2. The molecule has 0 radical (unpaired) electrons. The fraction of sp³-hybridized carbons (Fsp3) is 0.929. The first-order chi connectivity index (χ1) is 9.38. The zero-order valence-corrected chi connectivity index (χ0v) is 11.4. The molecule has 2 aliphatic carbocycles. The van der Waals surface area contributed by atoms with E-state index in [-0.39, 0.29) is 31.0 Å². The van der Waals surface area contributed by atoms with E-state index < -0.39 is 11.6 Å². The van der Waals surface area contributed by atoms with Crippen LogP contribution in [-0.2, 0) is 9.53 Å². The molecule has 0 atom stereocenters. The van der Waals surface area contributed by atoms with Crippen molar-refractivity contribution in [2.24, 2.45) is 10.8 Å². The van der Waals surface area contributed by atoms with Crippen molar-refractivity contribution >= 4 is 6.41 Å². The van der Waals surface area contributed by atoms with Crippen LogP contribution in [0.1, 0.15) is 38.5 Å². The highest BCUT2D eigenvalue weighted by Crippen LogP contribution is 2.58. The van der Waals surface area contributed by atoms with E-state index in [1.165, 1.54) is 0 Å². The van der Waals surface area contributed by atoms with Gasteiger partial charge in [0.1, 0.15) is 0 Å². The third-order valence-corrected chi connectivity index (χ3v) is 5.27. The molecule has 1 aliphatic heterocycles. The molecule has 1 amide bonds. The third kappa shape index (κ3) is 2.43. The van der Waals surface area contributed by atoms with Crippen molar-refractivity contribution in [2.75, 3.05) is 19.7 Å². The number of rotatable bonds is 4. The molecule has 0 bridgehead atoms. The molecule has 114 valence electrons. The van der Waals surface area contributed by atoms with Crippen LogP contribution >= 0.6 is 0 Å². The van der Waals surface area contributed by atoms with E-state index in [1.807, 2.05) is 0 Å². The maximum atomic E-state index is 12.8. The summed E-state index contributed by atoms with van der Waals surface area (Å²) in [6.07, 6.45) is 0.687. The van der Waals surface area contributed by atoms with Gasteiger partial charge in [0.2, 0.25) is 6.41 Å². The van der Waals surface area contributed by atoms with Gasteiger partial charge in [-0.15, -0.1) is 0 Å². The Morgan fingerprint density at radius 1 is 1.15 bits per heavy atom. The van der Waals surface area contributed by atoms with Crippen molar-refractivity contribution < 1.29 is 22.7 Å². The summed E-state index contributed by atoms with van der Waals surface area (Å²) in [5.41, 5.74) is -1.32. The van der Waals surface area contributed by atoms with E-state index in [0.717, 1.165) is 45.2 Å². The second kappa shape index (κ2) is 4.61. The lowest BCUT2D eigenvalue weighted by molar-refractivity contribution is -0.208. The second-order valence-corrected chi connectivity index (χ2v) is 6.80. The molecular formula is C14H20F3NO2. The standard InChI is InChI=1S/C14H20F3NO2/c15-14(16,17)13(5-6-13)9-20-11-1-3-12(4-2-11)7-18(8-12)10-19/h10-11H,1-9H2. The Bertz CT molecular complexity index is 376. The van der Waals surface area contributed by atoms with Gasteiger partial charge in [0.15, 0.2) is 0 Å². The van der Waals surface area contributed by atoms with E-state index >= 15 is 0 Å². The fourth-order valence-electron chi connectivity index (χ4n) is 3.51. The molecule has 3 aliphatic rings. The van der Waals surface area contributed by atoms with Gasteiger partial charge in [-0.1, -0.05) is 0 Å². The average Bonchev–Trinajstić information content (AvgIpc) is 3.15. The average molecular weight is 291 g/mol. The number of carbonyl (C=O) groups excluding carboxylic acids is 1. The molecule has 0 aromatic carbocycles. The van der Waals surface area contributed by atoms with Gasteiger partial charge in [-0.05, 0) is 38.5 Å². The van der Waals surface area contributed by atoms with Crippen molar-refractivity contribution in [3.8, 4) is 0 Å². The Kier molecular flexibility index (Phi) is 3.27. The molecule has 0 N–H and O–H groups in total. The summed E-state index contributed by atoms with van der Waals surface area (Å²) in [6, 6.07) is 0. The fourth-order valence-corrected chi connectivity index (χ4v) is 3.51. The molecule has 0 unspecified atom stereocenters. The van der Waals surface area contributed by atoms with Gasteiger partial charge in [0, 0.05) is 18.5 Å². The van der Waals surface area contributed by atoms with E-state index in [9.17, 15) is 18.0 Å². The molecule has 1 heterocycles. The second-order valence-electron chi connectivity index (χ2n) is 6.80. The summed E-state index contributed by atoms with van der Waals surface area (Å²) < 4.78 is 43.9. The molecule has 1 saturated heterocycles. The van der Waals surface area contributed by atoms with Gasteiger partial charge in [0.25, 0.3) is 0 Å². The predicted octanol–water partition coefficient (Wildman–Crippen LogP) is 2.75. The Morgan fingerprint density at radius 2 is 1.75 bits per heavy atom. The summed E-state index contributed by atoms with van der Waals surface area (Å²) in [6.45, 7) is 1.43. The Hall–Kier alpha value is -0.780. The predicted molar refractivity (Wildman–Crippen MR) is 66.0 cm³/mol. The molecule has 3 fully saturated rings. The van der Waals surface area contributed by atoms with Crippen LogP contribution in [-0.4, -0.2) is 43.3 Å². The number of hydrogen-bond donors (Lipinski definition) is 0. The summed E-state index contributed by atoms with van der Waals surface area (Å²) >= 11 is 0. The van der Waals surface area contributed by atoms with Gasteiger partial charge in [-0.25, -0.2) is 0 Å². The van der Waals surface area contributed by atoms with E-state index in [0.29, 0.717) is 0 Å². The molecule has 0 aromatic heterocycles. The van der Waals surface area contributed by atoms with Crippen LogP contribution in [0.3, 0.4) is 0 Å². The lowest BCUT2D eigenvalue weighted by atomic mass is 9.68. The van der Waals surface area contributed by atoms with Crippen LogP contribution in [0.4, 0.5) is 13.2 Å². The first-order valence-corrected chi connectivity index (χ1v) is 7.26. The minimum atomic E-state index is -4.12. The minimum Gasteiger partial charge on any atom is -0.377 e. The number of halogens is 3. The number of alkyl halides is 3. The largest absolute Gasteiger partial charge is 0.396 e. The zero-order valence-electron chi connectivity index (χ0n) is 11.4. The minimum absolute atomic E-state index is 0.0364. The molecule has 3 nitrogen and oxygen atoms in total. The van der Waals surface area contributed by atoms with Crippen molar-refractivity contribution in [2.45, 2.75) is 50.8 Å². The number of hydrogen-bond acceptors (Lipinski definition) is 2. The summed E-state index contributed by atoms with van der Waals surface area (Å²) in [5.74, 6) is 0. The smallest absolute Gasteiger partial charge is 0.377 e. The molecule has 3 rings (SSSR count). The van der Waals surface area contributed by atoms with Crippen LogP contribution in [0, 0.1) is 10.8 Å². The number of ether oxygens (including phenoxy) is 1. The maximum absolute atomic E-state index is 12.8. The van der Waals surface area contributed by atoms with Crippen molar-refractivity contribution in [3.05, 3.63) is 0 Å².